The van der Waals surface area contributed by atoms with E-state index in [0.717, 1.165) is 24.4 Å². The fourth-order valence-corrected chi connectivity index (χ4v) is 3.16. The Morgan fingerprint density at radius 3 is 2.84 bits per heavy atom. The zero-order valence-corrected chi connectivity index (χ0v) is 14.4. The molecule has 0 radical (unpaired) electrons. The zero-order chi connectivity index (χ0) is 17.5. The van der Waals surface area contributed by atoms with Gasteiger partial charge < -0.3 is 15.4 Å². The second kappa shape index (κ2) is 8.48. The van der Waals surface area contributed by atoms with Gasteiger partial charge in [0.1, 0.15) is 5.75 Å². The van der Waals surface area contributed by atoms with Crippen molar-refractivity contribution in [3.05, 3.63) is 54.4 Å². The Balaban J connectivity index is 1.66. The molecule has 1 atom stereocenters. The number of carbonyl (C=O) groups is 1. The van der Waals surface area contributed by atoms with Gasteiger partial charge in [-0.25, -0.2) is 4.79 Å². The van der Waals surface area contributed by atoms with Gasteiger partial charge in [0.25, 0.3) is 0 Å². The van der Waals surface area contributed by atoms with Crippen LogP contribution in [-0.2, 0) is 0 Å². The molecule has 6 heteroatoms. The van der Waals surface area contributed by atoms with Gasteiger partial charge in [0.15, 0.2) is 0 Å². The molecular formula is C19H24N4O2. The minimum atomic E-state index is -0.222. The third-order valence-corrected chi connectivity index (χ3v) is 4.44. The molecule has 0 spiro atoms. The number of ether oxygens (including phenoxy) is 1. The average Bonchev–Trinajstić information content (AvgIpc) is 3.17. The third kappa shape index (κ3) is 4.70. The molecule has 25 heavy (non-hydrogen) atoms. The largest absolute Gasteiger partial charge is 0.497 e. The lowest BCUT2D eigenvalue weighted by Gasteiger charge is -2.28. The van der Waals surface area contributed by atoms with Gasteiger partial charge in [-0.1, -0.05) is 12.1 Å². The Morgan fingerprint density at radius 2 is 2.12 bits per heavy atom. The molecule has 132 valence electrons. The van der Waals surface area contributed by atoms with Crippen LogP contribution in [0.2, 0.25) is 0 Å². The molecule has 0 aliphatic carbocycles. The van der Waals surface area contributed by atoms with Crippen molar-refractivity contribution in [1.82, 2.24) is 15.2 Å². The van der Waals surface area contributed by atoms with Crippen molar-refractivity contribution in [2.45, 2.75) is 18.9 Å². The van der Waals surface area contributed by atoms with E-state index in [0.29, 0.717) is 12.2 Å². The zero-order valence-electron chi connectivity index (χ0n) is 14.4. The van der Waals surface area contributed by atoms with Crippen molar-refractivity contribution in [3.63, 3.8) is 0 Å². The van der Waals surface area contributed by atoms with Gasteiger partial charge >= 0.3 is 6.03 Å². The first-order valence-corrected chi connectivity index (χ1v) is 8.59. The average molecular weight is 340 g/mol. The van der Waals surface area contributed by atoms with Crippen molar-refractivity contribution < 1.29 is 9.53 Å². The molecule has 2 heterocycles. The Labute approximate surface area is 148 Å². The van der Waals surface area contributed by atoms with Crippen LogP contribution in [0, 0.1) is 0 Å². The summed E-state index contributed by atoms with van der Waals surface area (Å²) in [6, 6.07) is 11.6. The van der Waals surface area contributed by atoms with Gasteiger partial charge in [0.2, 0.25) is 0 Å². The molecule has 3 rings (SSSR count). The summed E-state index contributed by atoms with van der Waals surface area (Å²) in [5.41, 5.74) is 1.84. The normalized spacial score (nSPS) is 15.6. The number of hydrogen-bond donors (Lipinski definition) is 2. The Bertz CT molecular complexity index is 687. The highest BCUT2D eigenvalue weighted by Crippen LogP contribution is 2.27. The molecule has 1 aromatic heterocycles. The topological polar surface area (TPSA) is 66.5 Å². The SMILES string of the molecule is COc1cccc(C(CNC(=O)Nc2cccnc2)N2CCCC2)c1. The van der Waals surface area contributed by atoms with Crippen LogP contribution in [0.3, 0.4) is 0 Å². The summed E-state index contributed by atoms with van der Waals surface area (Å²) in [6.07, 6.45) is 5.69. The predicted molar refractivity (Wildman–Crippen MR) is 97.8 cm³/mol. The van der Waals surface area contributed by atoms with Crippen LogP contribution in [0.4, 0.5) is 10.5 Å². The molecule has 1 unspecified atom stereocenters. The van der Waals surface area contributed by atoms with E-state index in [2.05, 4.69) is 26.6 Å². The van der Waals surface area contributed by atoms with Crippen molar-refractivity contribution in [1.29, 1.82) is 0 Å². The fourth-order valence-electron chi connectivity index (χ4n) is 3.16. The number of nitrogens with zero attached hydrogens (tertiary/aromatic N) is 2. The molecule has 2 amide bonds. The van der Waals surface area contributed by atoms with Crippen LogP contribution < -0.4 is 15.4 Å². The number of rotatable bonds is 6. The van der Waals surface area contributed by atoms with Crippen LogP contribution in [-0.4, -0.2) is 42.7 Å². The van der Waals surface area contributed by atoms with Crippen molar-refractivity contribution >= 4 is 11.7 Å². The Morgan fingerprint density at radius 1 is 1.28 bits per heavy atom. The number of anilines is 1. The van der Waals surface area contributed by atoms with Crippen molar-refractivity contribution in [2.24, 2.45) is 0 Å². The maximum atomic E-state index is 12.2. The smallest absolute Gasteiger partial charge is 0.319 e. The first-order chi connectivity index (χ1) is 12.3. The maximum absolute atomic E-state index is 12.2. The molecule has 1 saturated heterocycles. The van der Waals surface area contributed by atoms with Crippen LogP contribution in [0.5, 0.6) is 5.75 Å². The van der Waals surface area contributed by atoms with Crippen LogP contribution in [0.25, 0.3) is 0 Å². The minimum absolute atomic E-state index is 0.136. The second-order valence-corrected chi connectivity index (χ2v) is 6.11. The lowest BCUT2D eigenvalue weighted by Crippen LogP contribution is -2.38. The van der Waals surface area contributed by atoms with E-state index in [1.54, 1.807) is 25.6 Å². The predicted octanol–water partition coefficient (Wildman–Crippen LogP) is 3.05. The van der Waals surface area contributed by atoms with E-state index in [1.807, 2.05) is 24.3 Å². The quantitative estimate of drug-likeness (QED) is 0.848. The number of likely N-dealkylation sites (tertiary alicyclic amines) is 1. The molecule has 1 aliphatic rings. The number of benzene rings is 1. The molecular weight excluding hydrogens is 316 g/mol. The van der Waals surface area contributed by atoms with Crippen molar-refractivity contribution in [2.75, 3.05) is 32.1 Å². The summed E-state index contributed by atoms with van der Waals surface area (Å²) in [6.45, 7) is 2.64. The minimum Gasteiger partial charge on any atom is -0.497 e. The Hall–Kier alpha value is -2.60. The van der Waals surface area contributed by atoms with Gasteiger partial charge in [-0.15, -0.1) is 0 Å². The van der Waals surface area contributed by atoms with Gasteiger partial charge in [-0.05, 0) is 55.8 Å². The molecule has 2 N–H and O–H groups in total. The molecule has 1 fully saturated rings. The fraction of sp³-hybridized carbons (Fsp3) is 0.368. The van der Waals surface area contributed by atoms with E-state index in [-0.39, 0.29) is 12.1 Å². The molecule has 2 aromatic rings. The number of pyridine rings is 1. The van der Waals surface area contributed by atoms with E-state index < -0.39 is 0 Å². The summed E-state index contributed by atoms with van der Waals surface area (Å²) in [4.78, 5) is 18.6. The highest BCUT2D eigenvalue weighted by molar-refractivity contribution is 5.88. The van der Waals surface area contributed by atoms with Gasteiger partial charge in [0, 0.05) is 12.7 Å². The maximum Gasteiger partial charge on any atom is 0.319 e. The third-order valence-electron chi connectivity index (χ3n) is 4.44. The standard InChI is InChI=1S/C19H24N4O2/c1-25-17-8-4-6-15(12-17)18(23-10-2-3-11-23)14-21-19(24)22-16-7-5-9-20-13-16/h4-9,12-13,18H,2-3,10-11,14H2,1H3,(H2,21,22,24). The number of aromatic nitrogens is 1. The van der Waals surface area contributed by atoms with E-state index >= 15 is 0 Å². The number of carbonyl (C=O) groups excluding carboxylic acids is 1. The molecule has 0 saturated carbocycles. The summed E-state index contributed by atoms with van der Waals surface area (Å²) < 4.78 is 5.35. The van der Waals surface area contributed by atoms with Crippen LogP contribution in [0.15, 0.2) is 48.8 Å². The lowest BCUT2D eigenvalue weighted by molar-refractivity contribution is 0.227. The lowest BCUT2D eigenvalue weighted by atomic mass is 10.1. The summed E-state index contributed by atoms with van der Waals surface area (Å²) >= 11 is 0. The highest BCUT2D eigenvalue weighted by atomic mass is 16.5. The van der Waals surface area contributed by atoms with Crippen LogP contribution in [0.1, 0.15) is 24.4 Å². The van der Waals surface area contributed by atoms with E-state index in [4.69, 9.17) is 4.74 Å². The Kier molecular flexibility index (Phi) is 5.85. The van der Waals surface area contributed by atoms with E-state index in [1.165, 1.54) is 12.8 Å². The number of methoxy groups -OCH3 is 1. The van der Waals surface area contributed by atoms with Crippen LogP contribution >= 0.6 is 0 Å². The number of nitrogens with one attached hydrogen (secondary N) is 2. The first-order valence-electron chi connectivity index (χ1n) is 8.59. The highest BCUT2D eigenvalue weighted by Gasteiger charge is 2.24. The molecule has 0 bridgehead atoms. The van der Waals surface area contributed by atoms with Gasteiger partial charge in [0.05, 0.1) is 25.0 Å². The number of amides is 2. The molecule has 1 aliphatic heterocycles. The summed E-state index contributed by atoms with van der Waals surface area (Å²) in [5.74, 6) is 0.835. The van der Waals surface area contributed by atoms with E-state index in [9.17, 15) is 4.79 Å². The second-order valence-electron chi connectivity index (χ2n) is 6.11. The summed E-state index contributed by atoms with van der Waals surface area (Å²) in [5, 5.41) is 5.79. The molecule has 6 nitrogen and oxygen atoms in total. The van der Waals surface area contributed by atoms with Gasteiger partial charge in [-0.2, -0.15) is 0 Å². The van der Waals surface area contributed by atoms with Crippen molar-refractivity contribution in [3.8, 4) is 5.75 Å². The van der Waals surface area contributed by atoms with Gasteiger partial charge in [-0.3, -0.25) is 9.88 Å². The number of hydrogen-bond acceptors (Lipinski definition) is 4. The first kappa shape index (κ1) is 17.2. The summed E-state index contributed by atoms with van der Waals surface area (Å²) in [7, 11) is 1.67. The molecule has 1 aromatic carbocycles. The number of urea groups is 1. The monoisotopic (exact) mass is 340 g/mol.